The van der Waals surface area contributed by atoms with Crippen LogP contribution in [0.3, 0.4) is 0 Å². The van der Waals surface area contributed by atoms with E-state index in [0.717, 1.165) is 10.0 Å². The van der Waals surface area contributed by atoms with Gasteiger partial charge in [0.1, 0.15) is 12.4 Å². The molecule has 0 aliphatic rings. The van der Waals surface area contributed by atoms with Crippen molar-refractivity contribution in [1.29, 1.82) is 0 Å². The van der Waals surface area contributed by atoms with Crippen molar-refractivity contribution < 1.29 is 9.53 Å². The lowest BCUT2D eigenvalue weighted by atomic mass is 10.1. The molecule has 0 aliphatic heterocycles. The molecule has 2 nitrogen and oxygen atoms in total. The van der Waals surface area contributed by atoms with Gasteiger partial charge in [-0.15, -0.1) is 0 Å². The Bertz CT molecular complexity index is 397. The van der Waals surface area contributed by atoms with Gasteiger partial charge in [0.25, 0.3) is 0 Å². The van der Waals surface area contributed by atoms with Gasteiger partial charge in [-0.3, -0.25) is 4.79 Å². The van der Waals surface area contributed by atoms with Crippen molar-refractivity contribution >= 4 is 21.7 Å². The van der Waals surface area contributed by atoms with Gasteiger partial charge in [0.05, 0.1) is 5.56 Å². The van der Waals surface area contributed by atoms with Crippen molar-refractivity contribution in [2.24, 2.45) is 0 Å². The summed E-state index contributed by atoms with van der Waals surface area (Å²) >= 11 is 3.32. The molecule has 0 aliphatic carbocycles. The van der Waals surface area contributed by atoms with E-state index in [9.17, 15) is 4.79 Å². The second kappa shape index (κ2) is 5.12. The Morgan fingerprint density at radius 3 is 2.67 bits per heavy atom. The van der Waals surface area contributed by atoms with Crippen molar-refractivity contribution in [1.82, 2.24) is 0 Å². The molecule has 1 rings (SSSR count). The van der Waals surface area contributed by atoms with Crippen molar-refractivity contribution in [3.63, 3.8) is 0 Å². The summed E-state index contributed by atoms with van der Waals surface area (Å²) in [5.74, 6) is 0.599. The highest BCUT2D eigenvalue weighted by atomic mass is 79.9. The first-order chi connectivity index (χ1) is 7.00. The third-order valence-electron chi connectivity index (χ3n) is 1.79. The van der Waals surface area contributed by atoms with E-state index in [1.807, 2.05) is 13.0 Å². The Labute approximate surface area is 98.1 Å². The highest BCUT2D eigenvalue weighted by molar-refractivity contribution is 9.10. The van der Waals surface area contributed by atoms with Gasteiger partial charge in [-0.1, -0.05) is 22.5 Å². The highest BCUT2D eigenvalue weighted by Gasteiger charge is 2.08. The van der Waals surface area contributed by atoms with E-state index in [0.29, 0.717) is 17.9 Å². The molecule has 0 saturated carbocycles. The fraction of sp³-hybridized carbons (Fsp3) is 0.250. The Balaban J connectivity index is 2.95. The number of carbonyl (C=O) groups is 1. The number of Topliss-reactive ketones (excluding diaryl/α,β-unsaturated/α-hetero) is 1. The predicted molar refractivity (Wildman–Crippen MR) is 64.5 cm³/mol. The molecule has 0 spiro atoms. The molecule has 1 aromatic carbocycles. The molecule has 0 unspecified atom stereocenters. The summed E-state index contributed by atoms with van der Waals surface area (Å²) in [5, 5.41) is 0. The van der Waals surface area contributed by atoms with E-state index in [4.69, 9.17) is 4.74 Å². The van der Waals surface area contributed by atoms with E-state index in [1.165, 1.54) is 6.92 Å². The van der Waals surface area contributed by atoms with Crippen molar-refractivity contribution in [3.8, 4) is 5.75 Å². The molecule has 0 saturated heterocycles. The molecule has 0 amide bonds. The number of benzene rings is 1. The summed E-state index contributed by atoms with van der Waals surface area (Å²) in [6.45, 7) is 7.58. The van der Waals surface area contributed by atoms with Crippen LogP contribution < -0.4 is 4.74 Å². The molecule has 0 atom stereocenters. The Morgan fingerprint density at radius 2 is 2.13 bits per heavy atom. The van der Waals surface area contributed by atoms with Crippen LogP contribution in [0.5, 0.6) is 5.75 Å². The monoisotopic (exact) mass is 268 g/mol. The number of rotatable bonds is 4. The van der Waals surface area contributed by atoms with E-state index < -0.39 is 0 Å². The van der Waals surface area contributed by atoms with Gasteiger partial charge < -0.3 is 4.74 Å². The maximum atomic E-state index is 11.3. The van der Waals surface area contributed by atoms with E-state index in [-0.39, 0.29) is 5.78 Å². The van der Waals surface area contributed by atoms with Gasteiger partial charge in [-0.25, -0.2) is 0 Å². The van der Waals surface area contributed by atoms with Gasteiger partial charge in [-0.05, 0) is 37.6 Å². The maximum Gasteiger partial charge on any atom is 0.163 e. The van der Waals surface area contributed by atoms with Crippen LogP contribution in [0.1, 0.15) is 24.2 Å². The third kappa shape index (κ3) is 3.51. The zero-order chi connectivity index (χ0) is 11.4. The number of ether oxygens (including phenoxy) is 1. The summed E-state index contributed by atoms with van der Waals surface area (Å²) < 4.78 is 6.34. The van der Waals surface area contributed by atoms with Crippen LogP contribution in [-0.2, 0) is 0 Å². The molecule has 3 heteroatoms. The van der Waals surface area contributed by atoms with Crippen molar-refractivity contribution in [2.45, 2.75) is 13.8 Å². The maximum absolute atomic E-state index is 11.3. The lowest BCUT2D eigenvalue weighted by molar-refractivity contribution is 0.101. The van der Waals surface area contributed by atoms with Gasteiger partial charge in [0.15, 0.2) is 5.78 Å². The molecule has 0 radical (unpaired) electrons. The molecule has 0 aromatic heterocycles. The summed E-state index contributed by atoms with van der Waals surface area (Å²) in [5.41, 5.74) is 1.51. The molecule has 0 N–H and O–H groups in total. The van der Waals surface area contributed by atoms with Gasteiger partial charge in [0.2, 0.25) is 0 Å². The number of hydrogen-bond acceptors (Lipinski definition) is 2. The Hall–Kier alpha value is -1.09. The lowest BCUT2D eigenvalue weighted by Gasteiger charge is -2.09. The standard InChI is InChI=1S/C12H13BrO2/c1-8(2)7-15-12-5-4-10(13)6-11(12)9(3)14/h4-6H,1,7H2,2-3H3. The third-order valence-corrected chi connectivity index (χ3v) is 2.29. The second-order valence-corrected chi connectivity index (χ2v) is 4.36. The van der Waals surface area contributed by atoms with Crippen LogP contribution in [0.25, 0.3) is 0 Å². The average Bonchev–Trinajstić information content (AvgIpc) is 2.15. The van der Waals surface area contributed by atoms with E-state index in [1.54, 1.807) is 12.1 Å². The second-order valence-electron chi connectivity index (χ2n) is 3.44. The molecular formula is C12H13BrO2. The fourth-order valence-electron chi connectivity index (χ4n) is 1.10. The molecule has 0 heterocycles. The molecule has 0 bridgehead atoms. The first-order valence-electron chi connectivity index (χ1n) is 4.58. The zero-order valence-corrected chi connectivity index (χ0v) is 10.4. The normalized spacial score (nSPS) is 9.80. The topological polar surface area (TPSA) is 26.3 Å². The minimum atomic E-state index is -0.00647. The smallest absolute Gasteiger partial charge is 0.163 e. The summed E-state index contributed by atoms with van der Waals surface area (Å²) in [6, 6.07) is 5.39. The quantitative estimate of drug-likeness (QED) is 0.616. The first-order valence-corrected chi connectivity index (χ1v) is 5.37. The number of hydrogen-bond donors (Lipinski definition) is 0. The summed E-state index contributed by atoms with van der Waals surface area (Å²) in [4.78, 5) is 11.3. The lowest BCUT2D eigenvalue weighted by Crippen LogP contribution is -2.03. The zero-order valence-electron chi connectivity index (χ0n) is 8.84. The van der Waals surface area contributed by atoms with Gasteiger partial charge in [0, 0.05) is 4.47 Å². The van der Waals surface area contributed by atoms with Crippen molar-refractivity contribution in [3.05, 3.63) is 40.4 Å². The molecule has 0 fully saturated rings. The molecule has 80 valence electrons. The number of ketones is 1. The Morgan fingerprint density at radius 1 is 1.47 bits per heavy atom. The molecule has 1 aromatic rings. The Kier molecular flexibility index (Phi) is 4.09. The van der Waals surface area contributed by atoms with Crippen LogP contribution in [0.2, 0.25) is 0 Å². The minimum absolute atomic E-state index is 0.00647. The van der Waals surface area contributed by atoms with Crippen LogP contribution in [0.15, 0.2) is 34.8 Å². The number of carbonyl (C=O) groups excluding carboxylic acids is 1. The fourth-order valence-corrected chi connectivity index (χ4v) is 1.47. The van der Waals surface area contributed by atoms with Crippen molar-refractivity contribution in [2.75, 3.05) is 6.61 Å². The largest absolute Gasteiger partial charge is 0.489 e. The average molecular weight is 269 g/mol. The first kappa shape index (κ1) is 12.0. The molecular weight excluding hydrogens is 256 g/mol. The van der Waals surface area contributed by atoms with Crippen LogP contribution in [0, 0.1) is 0 Å². The summed E-state index contributed by atoms with van der Waals surface area (Å²) in [7, 11) is 0. The highest BCUT2D eigenvalue weighted by Crippen LogP contribution is 2.23. The van der Waals surface area contributed by atoms with Gasteiger partial charge in [-0.2, -0.15) is 0 Å². The summed E-state index contributed by atoms with van der Waals surface area (Å²) in [6.07, 6.45) is 0. The molecule has 15 heavy (non-hydrogen) atoms. The van der Waals surface area contributed by atoms with E-state index >= 15 is 0 Å². The minimum Gasteiger partial charge on any atom is -0.489 e. The van der Waals surface area contributed by atoms with Crippen LogP contribution >= 0.6 is 15.9 Å². The van der Waals surface area contributed by atoms with E-state index in [2.05, 4.69) is 22.5 Å². The SMILES string of the molecule is C=C(C)COc1ccc(Br)cc1C(C)=O. The predicted octanol–water partition coefficient (Wildman–Crippen LogP) is 3.61. The van der Waals surface area contributed by atoms with Crippen LogP contribution in [0.4, 0.5) is 0 Å². The number of halogens is 1. The van der Waals surface area contributed by atoms with Gasteiger partial charge >= 0.3 is 0 Å². The van der Waals surface area contributed by atoms with Crippen LogP contribution in [-0.4, -0.2) is 12.4 Å².